The highest BCUT2D eigenvalue weighted by atomic mass is 32.2. The fraction of sp³-hybridized carbons (Fsp3) is 0.294. The highest BCUT2D eigenvalue weighted by molar-refractivity contribution is 7.89. The van der Waals surface area contributed by atoms with E-state index in [1.807, 2.05) is 0 Å². The predicted molar refractivity (Wildman–Crippen MR) is 95.5 cm³/mol. The Kier molecular flexibility index (Phi) is 5.50. The van der Waals surface area contributed by atoms with Gasteiger partial charge in [0.05, 0.1) is 15.4 Å². The molecule has 0 saturated carbocycles. The molecule has 0 bridgehead atoms. The number of nitrogens with zero attached hydrogens (tertiary/aromatic N) is 3. The maximum atomic E-state index is 13.4. The zero-order chi connectivity index (χ0) is 21.4. The number of halogens is 4. The van der Waals surface area contributed by atoms with Crippen molar-refractivity contribution in [2.75, 3.05) is 31.1 Å². The van der Waals surface area contributed by atoms with E-state index in [0.717, 1.165) is 28.6 Å². The van der Waals surface area contributed by atoms with Gasteiger partial charge >= 0.3 is 6.18 Å². The van der Waals surface area contributed by atoms with Crippen molar-refractivity contribution in [1.82, 2.24) is 4.31 Å². The van der Waals surface area contributed by atoms with E-state index in [0.29, 0.717) is 6.07 Å². The molecule has 7 nitrogen and oxygen atoms in total. The molecule has 3 rings (SSSR count). The van der Waals surface area contributed by atoms with E-state index in [1.54, 1.807) is 0 Å². The molecule has 29 heavy (non-hydrogen) atoms. The lowest BCUT2D eigenvalue weighted by atomic mass is 10.1. The minimum absolute atomic E-state index is 0.0601. The average molecular weight is 433 g/mol. The minimum Gasteiger partial charge on any atom is -0.368 e. The summed E-state index contributed by atoms with van der Waals surface area (Å²) in [5.41, 5.74) is -2.10. The summed E-state index contributed by atoms with van der Waals surface area (Å²) in [6.07, 6.45) is -4.81. The summed E-state index contributed by atoms with van der Waals surface area (Å²) in [4.78, 5) is 11.0. The first-order valence-electron chi connectivity index (χ1n) is 8.36. The molecule has 156 valence electrons. The van der Waals surface area contributed by atoms with Crippen LogP contribution in [-0.2, 0) is 16.2 Å². The second kappa shape index (κ2) is 7.59. The van der Waals surface area contributed by atoms with Crippen molar-refractivity contribution in [3.05, 3.63) is 64.0 Å². The van der Waals surface area contributed by atoms with E-state index in [-0.39, 0.29) is 36.8 Å². The largest absolute Gasteiger partial charge is 0.418 e. The van der Waals surface area contributed by atoms with Gasteiger partial charge in [0.15, 0.2) is 0 Å². The first-order valence-corrected chi connectivity index (χ1v) is 9.80. The summed E-state index contributed by atoms with van der Waals surface area (Å²) < 4.78 is 79.8. The van der Waals surface area contributed by atoms with Gasteiger partial charge in [-0.3, -0.25) is 10.1 Å². The quantitative estimate of drug-likeness (QED) is 0.420. The van der Waals surface area contributed by atoms with Crippen LogP contribution in [0.3, 0.4) is 0 Å². The van der Waals surface area contributed by atoms with Crippen molar-refractivity contribution in [2.45, 2.75) is 11.1 Å². The lowest BCUT2D eigenvalue weighted by Gasteiger charge is -2.36. The summed E-state index contributed by atoms with van der Waals surface area (Å²) in [5, 5.41) is 10.8. The van der Waals surface area contributed by atoms with E-state index >= 15 is 0 Å². The van der Waals surface area contributed by atoms with Gasteiger partial charge in [-0.05, 0) is 24.3 Å². The van der Waals surface area contributed by atoms with Gasteiger partial charge in [0.2, 0.25) is 10.0 Å². The van der Waals surface area contributed by atoms with Crippen LogP contribution in [0.2, 0.25) is 0 Å². The summed E-state index contributed by atoms with van der Waals surface area (Å²) in [6, 6.07) is 6.92. The van der Waals surface area contributed by atoms with Crippen LogP contribution in [0.4, 0.5) is 28.9 Å². The van der Waals surface area contributed by atoms with Gasteiger partial charge < -0.3 is 4.90 Å². The number of piperazine rings is 1. The Hall–Kier alpha value is -2.73. The van der Waals surface area contributed by atoms with Gasteiger partial charge in [0.25, 0.3) is 5.69 Å². The number of rotatable bonds is 4. The standard InChI is InChI=1S/C17H15F4N3O4S/c18-12-2-1-3-14(10-12)29(27,28)23-8-6-22(7-9-23)16-5-4-13(24(25)26)11-15(16)17(19,20)21/h1-5,10-11H,6-9H2. The number of nitro groups is 1. The molecule has 0 aliphatic carbocycles. The second-order valence-corrected chi connectivity index (χ2v) is 8.24. The zero-order valence-electron chi connectivity index (χ0n) is 14.8. The van der Waals surface area contributed by atoms with Crippen LogP contribution in [-0.4, -0.2) is 43.8 Å². The molecule has 0 spiro atoms. The van der Waals surface area contributed by atoms with Crippen LogP contribution < -0.4 is 4.90 Å². The van der Waals surface area contributed by atoms with Gasteiger partial charge in [0.1, 0.15) is 5.82 Å². The van der Waals surface area contributed by atoms with Crippen molar-refractivity contribution in [3.8, 4) is 0 Å². The van der Waals surface area contributed by atoms with E-state index in [4.69, 9.17) is 0 Å². The molecule has 2 aromatic rings. The molecule has 1 heterocycles. The van der Waals surface area contributed by atoms with Crippen molar-refractivity contribution < 1.29 is 30.9 Å². The Morgan fingerprint density at radius 1 is 1.00 bits per heavy atom. The number of non-ortho nitro benzene ring substituents is 1. The van der Waals surface area contributed by atoms with Crippen molar-refractivity contribution >= 4 is 21.4 Å². The Labute approximate surface area is 163 Å². The average Bonchev–Trinajstić information content (AvgIpc) is 2.67. The molecular weight excluding hydrogens is 418 g/mol. The molecule has 0 N–H and O–H groups in total. The van der Waals surface area contributed by atoms with Gasteiger partial charge in [-0.2, -0.15) is 17.5 Å². The predicted octanol–water partition coefficient (Wildman–Crippen LogP) is 3.26. The van der Waals surface area contributed by atoms with E-state index in [2.05, 4.69) is 0 Å². The molecule has 2 aromatic carbocycles. The van der Waals surface area contributed by atoms with Crippen LogP contribution >= 0.6 is 0 Å². The lowest BCUT2D eigenvalue weighted by Crippen LogP contribution is -2.49. The molecule has 0 unspecified atom stereocenters. The van der Waals surface area contributed by atoms with Gasteiger partial charge in [0, 0.05) is 44.0 Å². The zero-order valence-corrected chi connectivity index (χ0v) is 15.6. The highest BCUT2D eigenvalue weighted by Crippen LogP contribution is 2.39. The third kappa shape index (κ3) is 4.32. The number of hydrogen-bond acceptors (Lipinski definition) is 5. The summed E-state index contributed by atoms with van der Waals surface area (Å²) in [6.45, 7) is -0.356. The van der Waals surface area contributed by atoms with Crippen molar-refractivity contribution in [1.29, 1.82) is 0 Å². The Balaban J connectivity index is 1.83. The number of sulfonamides is 1. The van der Waals surface area contributed by atoms with Gasteiger partial charge in [-0.25, -0.2) is 12.8 Å². The van der Waals surface area contributed by atoms with Gasteiger partial charge in [-0.1, -0.05) is 6.07 Å². The highest BCUT2D eigenvalue weighted by Gasteiger charge is 2.38. The van der Waals surface area contributed by atoms with E-state index in [9.17, 15) is 36.1 Å². The second-order valence-electron chi connectivity index (χ2n) is 6.30. The van der Waals surface area contributed by atoms with E-state index < -0.39 is 38.2 Å². The smallest absolute Gasteiger partial charge is 0.368 e. The first kappa shape index (κ1) is 21.0. The third-order valence-corrected chi connectivity index (χ3v) is 6.40. The topological polar surface area (TPSA) is 83.8 Å². The van der Waals surface area contributed by atoms with Crippen LogP contribution in [0.15, 0.2) is 47.4 Å². The molecule has 0 amide bonds. The number of hydrogen-bond donors (Lipinski definition) is 0. The Morgan fingerprint density at radius 3 is 2.21 bits per heavy atom. The van der Waals surface area contributed by atoms with Crippen LogP contribution in [0.1, 0.15) is 5.56 Å². The van der Waals surface area contributed by atoms with Crippen molar-refractivity contribution in [2.24, 2.45) is 0 Å². The lowest BCUT2D eigenvalue weighted by molar-refractivity contribution is -0.385. The monoisotopic (exact) mass is 433 g/mol. The SMILES string of the molecule is O=[N+]([O-])c1ccc(N2CCN(S(=O)(=O)c3cccc(F)c3)CC2)c(C(F)(F)F)c1. The fourth-order valence-electron chi connectivity index (χ4n) is 3.09. The molecule has 0 atom stereocenters. The molecule has 1 aliphatic rings. The maximum Gasteiger partial charge on any atom is 0.418 e. The van der Waals surface area contributed by atoms with Gasteiger partial charge in [-0.15, -0.1) is 0 Å². The summed E-state index contributed by atoms with van der Waals surface area (Å²) in [5.74, 6) is -0.717. The molecule has 1 saturated heterocycles. The Bertz CT molecular complexity index is 1040. The number of anilines is 1. The third-order valence-electron chi connectivity index (χ3n) is 4.51. The molecule has 0 radical (unpaired) electrons. The summed E-state index contributed by atoms with van der Waals surface area (Å²) >= 11 is 0. The molecule has 1 fully saturated rings. The summed E-state index contributed by atoms with van der Waals surface area (Å²) in [7, 11) is -3.99. The minimum atomic E-state index is -4.81. The normalized spacial score (nSPS) is 16.1. The molecule has 1 aliphatic heterocycles. The number of alkyl halides is 3. The first-order chi connectivity index (χ1) is 13.5. The molecule has 12 heteroatoms. The molecule has 0 aromatic heterocycles. The number of nitro benzene ring substituents is 1. The Morgan fingerprint density at radius 2 is 1.66 bits per heavy atom. The maximum absolute atomic E-state index is 13.4. The fourth-order valence-corrected chi connectivity index (χ4v) is 4.54. The van der Waals surface area contributed by atoms with Crippen molar-refractivity contribution in [3.63, 3.8) is 0 Å². The molecular formula is C17H15F4N3O4S. The van der Waals surface area contributed by atoms with Crippen LogP contribution in [0.5, 0.6) is 0 Å². The number of benzene rings is 2. The van der Waals surface area contributed by atoms with E-state index in [1.165, 1.54) is 17.0 Å². The van der Waals surface area contributed by atoms with Crippen LogP contribution in [0.25, 0.3) is 0 Å². The van der Waals surface area contributed by atoms with Crippen LogP contribution in [0, 0.1) is 15.9 Å².